The highest BCUT2D eigenvalue weighted by atomic mass is 16.5. The average Bonchev–Trinajstić information content (AvgIpc) is 3.13. The zero-order valence-corrected chi connectivity index (χ0v) is 16.1. The summed E-state index contributed by atoms with van der Waals surface area (Å²) >= 11 is 0. The Morgan fingerprint density at radius 1 is 1.15 bits per heavy atom. The maximum Gasteiger partial charge on any atom is 0.367 e. The molecule has 0 N–H and O–H groups in total. The number of aryl methyl sites for hydroxylation is 3. The van der Waals surface area contributed by atoms with Gasteiger partial charge in [-0.05, 0) is 55.5 Å². The van der Waals surface area contributed by atoms with Crippen LogP contribution in [0.5, 0.6) is 0 Å². The van der Waals surface area contributed by atoms with E-state index in [-0.39, 0.29) is 5.82 Å². The van der Waals surface area contributed by atoms with Crippen LogP contribution in [0.2, 0.25) is 0 Å². The lowest BCUT2D eigenvalue weighted by Gasteiger charge is -2.20. The predicted octanol–water partition coefficient (Wildman–Crippen LogP) is 1.31. The minimum absolute atomic E-state index is 0.272. The van der Waals surface area contributed by atoms with Crippen molar-refractivity contribution in [1.82, 2.24) is 14.8 Å². The predicted molar refractivity (Wildman–Crippen MR) is 102 cm³/mol. The Morgan fingerprint density at radius 3 is 2.48 bits per heavy atom. The normalized spacial score (nSPS) is 13.6. The van der Waals surface area contributed by atoms with Gasteiger partial charge < -0.3 is 14.7 Å². The Bertz CT molecular complexity index is 829. The van der Waals surface area contributed by atoms with Crippen LogP contribution in [0.25, 0.3) is 11.0 Å². The molecule has 8 heteroatoms. The van der Waals surface area contributed by atoms with Gasteiger partial charge in [-0.25, -0.2) is 0 Å². The van der Waals surface area contributed by atoms with Crippen molar-refractivity contribution in [2.24, 2.45) is 0 Å². The van der Waals surface area contributed by atoms with E-state index in [1.807, 2.05) is 12.1 Å². The van der Waals surface area contributed by atoms with Crippen LogP contribution in [0.3, 0.4) is 0 Å². The number of hydrogen-bond donors (Lipinski definition) is 0. The number of ether oxygens (including phenoxy) is 2. The van der Waals surface area contributed by atoms with Crippen LogP contribution >= 0.6 is 0 Å². The lowest BCUT2D eigenvalue weighted by Crippen LogP contribution is -2.33. The van der Waals surface area contributed by atoms with Crippen LogP contribution in [0.1, 0.15) is 29.8 Å². The zero-order valence-electron chi connectivity index (χ0n) is 16.1. The summed E-state index contributed by atoms with van der Waals surface area (Å²) in [5.41, 5.74) is 3.12. The fraction of sp³-hybridized carbons (Fsp3) is 0.632. The number of methoxy groups -OCH3 is 2. The molecule has 2 aromatic rings. The lowest BCUT2D eigenvalue weighted by atomic mass is 10.1. The molecule has 0 fully saturated rings. The highest BCUT2D eigenvalue weighted by Crippen LogP contribution is 2.25. The molecule has 0 saturated carbocycles. The molecule has 0 spiro atoms. The van der Waals surface area contributed by atoms with Crippen molar-refractivity contribution in [2.75, 3.05) is 47.1 Å². The molecule has 148 valence electrons. The van der Waals surface area contributed by atoms with Crippen LogP contribution in [0.4, 0.5) is 0 Å². The standard InChI is InChI=1S/C19H28N4O4/c1-26-11-9-21(10-12-27-2)8-4-7-19-20-23(25)18-14-16-6-3-5-15(16)13-17(18)22(19)24/h13-14H,3-12H2,1-2H3. The third-order valence-corrected chi connectivity index (χ3v) is 5.15. The van der Waals surface area contributed by atoms with Crippen LogP contribution in [-0.4, -0.2) is 61.9 Å². The van der Waals surface area contributed by atoms with Gasteiger partial charge in [-0.3, -0.25) is 4.90 Å². The summed E-state index contributed by atoms with van der Waals surface area (Å²) in [4.78, 5) is 15.6. The van der Waals surface area contributed by atoms with Crippen LogP contribution in [-0.2, 0) is 28.7 Å². The van der Waals surface area contributed by atoms with Crippen LogP contribution in [0, 0.1) is 10.1 Å². The Hall–Kier alpha value is -2.03. The van der Waals surface area contributed by atoms with Crippen molar-refractivity contribution in [3.05, 3.63) is 39.2 Å². The summed E-state index contributed by atoms with van der Waals surface area (Å²) in [6.07, 6.45) is 4.19. The number of aromatic nitrogens is 3. The molecule has 1 heterocycles. The van der Waals surface area contributed by atoms with Crippen molar-refractivity contribution in [3.8, 4) is 0 Å². The fourth-order valence-corrected chi connectivity index (χ4v) is 3.64. The Balaban J connectivity index is 1.72. The molecule has 0 saturated heterocycles. The van der Waals surface area contributed by atoms with E-state index in [4.69, 9.17) is 9.47 Å². The van der Waals surface area contributed by atoms with Crippen molar-refractivity contribution >= 4 is 11.0 Å². The summed E-state index contributed by atoms with van der Waals surface area (Å²) in [5, 5.41) is 16.3. The molecule has 0 unspecified atom stereocenters. The van der Waals surface area contributed by atoms with Gasteiger partial charge in [-0.1, -0.05) is 4.91 Å². The number of hydrogen-bond acceptors (Lipinski definition) is 6. The smallest absolute Gasteiger partial charge is 0.367 e. The minimum Gasteiger partial charge on any atom is -0.772 e. The van der Waals surface area contributed by atoms with Gasteiger partial charge in [0.1, 0.15) is 5.52 Å². The van der Waals surface area contributed by atoms with E-state index in [0.717, 1.165) is 55.3 Å². The third-order valence-electron chi connectivity index (χ3n) is 5.15. The number of nitrogens with zero attached hydrogens (tertiary/aromatic N) is 4. The first-order valence-electron chi connectivity index (χ1n) is 9.52. The van der Waals surface area contributed by atoms with Crippen molar-refractivity contribution in [3.63, 3.8) is 0 Å². The largest absolute Gasteiger partial charge is 0.772 e. The monoisotopic (exact) mass is 376 g/mol. The summed E-state index contributed by atoms with van der Waals surface area (Å²) < 4.78 is 11.1. The van der Waals surface area contributed by atoms with E-state index >= 15 is 0 Å². The van der Waals surface area contributed by atoms with Crippen molar-refractivity contribution in [2.45, 2.75) is 32.1 Å². The molecule has 0 aliphatic heterocycles. The molecule has 1 aromatic heterocycles. The molecule has 0 radical (unpaired) electrons. The van der Waals surface area contributed by atoms with Crippen molar-refractivity contribution in [1.29, 1.82) is 0 Å². The Labute approximate surface area is 158 Å². The SMILES string of the molecule is COCCN(CCCc1nn([O-])c2cc3c(cc2[n+]1=O)CCC3)CCOC. The van der Waals surface area contributed by atoms with Crippen molar-refractivity contribution < 1.29 is 13.9 Å². The summed E-state index contributed by atoms with van der Waals surface area (Å²) in [6, 6.07) is 3.70. The maximum atomic E-state index is 12.7. The molecule has 3 rings (SSSR count). The maximum absolute atomic E-state index is 12.7. The molecule has 8 nitrogen and oxygen atoms in total. The average molecular weight is 376 g/mol. The molecule has 0 bridgehead atoms. The Kier molecular flexibility index (Phi) is 6.76. The van der Waals surface area contributed by atoms with E-state index in [9.17, 15) is 10.1 Å². The molecule has 27 heavy (non-hydrogen) atoms. The summed E-state index contributed by atoms with van der Waals surface area (Å²) in [6.45, 7) is 3.68. The number of rotatable bonds is 10. The fourth-order valence-electron chi connectivity index (χ4n) is 3.64. The van der Waals surface area contributed by atoms with E-state index in [2.05, 4.69) is 10.00 Å². The number of fused-ring (bicyclic) bond motifs is 2. The molecule has 0 amide bonds. The third kappa shape index (κ3) is 4.63. The van der Waals surface area contributed by atoms with Gasteiger partial charge >= 0.3 is 5.82 Å². The quantitative estimate of drug-likeness (QED) is 0.581. The molecule has 0 atom stereocenters. The van der Waals surface area contributed by atoms with Gasteiger partial charge in [0.05, 0.1) is 24.7 Å². The van der Waals surface area contributed by atoms with E-state index in [1.165, 1.54) is 5.56 Å². The second-order valence-electron chi connectivity index (χ2n) is 6.98. The summed E-state index contributed by atoms with van der Waals surface area (Å²) in [7, 11) is 3.36. The highest BCUT2D eigenvalue weighted by molar-refractivity contribution is 5.74. The first kappa shape index (κ1) is 19.7. The van der Waals surface area contributed by atoms with Gasteiger partial charge in [-0.15, -0.1) is 0 Å². The molecule has 1 aliphatic rings. The van der Waals surface area contributed by atoms with E-state index in [0.29, 0.717) is 35.5 Å². The molecular formula is C19H28N4O4. The second-order valence-corrected chi connectivity index (χ2v) is 6.98. The zero-order chi connectivity index (χ0) is 19.2. The minimum atomic E-state index is 0.272. The van der Waals surface area contributed by atoms with Crippen LogP contribution in [0.15, 0.2) is 12.1 Å². The topological polar surface area (TPSA) is 85.5 Å². The van der Waals surface area contributed by atoms with E-state index in [1.54, 1.807) is 14.2 Å². The van der Waals surface area contributed by atoms with Crippen LogP contribution < -0.4 is 4.43 Å². The summed E-state index contributed by atoms with van der Waals surface area (Å²) in [5.74, 6) is 0.272. The number of benzene rings is 1. The second kappa shape index (κ2) is 9.25. The van der Waals surface area contributed by atoms with Gasteiger partial charge in [0.2, 0.25) is 5.52 Å². The van der Waals surface area contributed by atoms with Gasteiger partial charge in [0.15, 0.2) is 0 Å². The first-order valence-corrected chi connectivity index (χ1v) is 9.52. The molecular weight excluding hydrogens is 348 g/mol. The molecule has 1 aromatic carbocycles. The first-order chi connectivity index (χ1) is 13.1. The van der Waals surface area contributed by atoms with Gasteiger partial charge in [0, 0.05) is 31.7 Å². The Morgan fingerprint density at radius 2 is 1.81 bits per heavy atom. The van der Waals surface area contributed by atoms with Gasteiger partial charge in [0.25, 0.3) is 0 Å². The molecule has 1 aliphatic carbocycles. The van der Waals surface area contributed by atoms with Gasteiger partial charge in [-0.2, -0.15) is 4.85 Å². The highest BCUT2D eigenvalue weighted by Gasteiger charge is 2.21. The lowest BCUT2D eigenvalue weighted by molar-refractivity contribution is -0.480. The van der Waals surface area contributed by atoms with E-state index < -0.39 is 0 Å².